The standard InChI is InChI=1S/C9H15NO2/c1-6-4-8(7(2)12-6)9(3,10)5-11/h4,11H,5,10H2,1-3H3/t9-/m1/s1. The first kappa shape index (κ1) is 9.29. The number of hydrogen-bond acceptors (Lipinski definition) is 3. The molecule has 68 valence electrons. The number of aliphatic hydroxyl groups is 1. The summed E-state index contributed by atoms with van der Waals surface area (Å²) in [4.78, 5) is 0. The van der Waals surface area contributed by atoms with Crippen LogP contribution < -0.4 is 5.73 Å². The molecule has 0 fully saturated rings. The largest absolute Gasteiger partial charge is 0.466 e. The van der Waals surface area contributed by atoms with Crippen LogP contribution in [0.2, 0.25) is 0 Å². The molecule has 0 saturated carbocycles. The lowest BCUT2D eigenvalue weighted by Gasteiger charge is -2.20. The predicted molar refractivity (Wildman–Crippen MR) is 46.8 cm³/mol. The summed E-state index contributed by atoms with van der Waals surface area (Å²) in [5, 5.41) is 9.01. The summed E-state index contributed by atoms with van der Waals surface area (Å²) in [7, 11) is 0. The molecule has 12 heavy (non-hydrogen) atoms. The molecule has 0 spiro atoms. The van der Waals surface area contributed by atoms with Gasteiger partial charge in [0.15, 0.2) is 0 Å². The molecule has 0 aliphatic heterocycles. The van der Waals surface area contributed by atoms with Crippen molar-refractivity contribution in [3.8, 4) is 0 Å². The van der Waals surface area contributed by atoms with E-state index in [2.05, 4.69) is 0 Å². The molecule has 0 aliphatic carbocycles. The third-order valence-electron chi connectivity index (χ3n) is 1.98. The zero-order valence-electron chi connectivity index (χ0n) is 7.72. The van der Waals surface area contributed by atoms with E-state index < -0.39 is 5.54 Å². The van der Waals surface area contributed by atoms with E-state index in [1.165, 1.54) is 0 Å². The van der Waals surface area contributed by atoms with Crippen molar-refractivity contribution in [3.05, 3.63) is 23.2 Å². The maximum absolute atomic E-state index is 9.01. The van der Waals surface area contributed by atoms with Gasteiger partial charge in [-0.05, 0) is 26.8 Å². The van der Waals surface area contributed by atoms with Gasteiger partial charge in [-0.1, -0.05) is 0 Å². The van der Waals surface area contributed by atoms with Crippen molar-refractivity contribution in [2.24, 2.45) is 5.73 Å². The smallest absolute Gasteiger partial charge is 0.106 e. The molecule has 0 radical (unpaired) electrons. The van der Waals surface area contributed by atoms with Crippen LogP contribution in [0.1, 0.15) is 24.0 Å². The molecule has 1 aromatic heterocycles. The van der Waals surface area contributed by atoms with E-state index in [-0.39, 0.29) is 6.61 Å². The molecule has 0 bridgehead atoms. The lowest BCUT2D eigenvalue weighted by Crippen LogP contribution is -2.37. The molecule has 0 amide bonds. The fourth-order valence-electron chi connectivity index (χ4n) is 1.28. The van der Waals surface area contributed by atoms with Crippen molar-refractivity contribution in [1.29, 1.82) is 0 Å². The molecule has 3 nitrogen and oxygen atoms in total. The summed E-state index contributed by atoms with van der Waals surface area (Å²) in [6.07, 6.45) is 0. The lowest BCUT2D eigenvalue weighted by atomic mass is 9.95. The Balaban J connectivity index is 3.09. The van der Waals surface area contributed by atoms with Crippen LogP contribution in [0.15, 0.2) is 10.5 Å². The molecule has 0 saturated heterocycles. The molecule has 0 unspecified atom stereocenters. The fraction of sp³-hybridized carbons (Fsp3) is 0.556. The summed E-state index contributed by atoms with van der Waals surface area (Å²) in [6, 6.07) is 1.87. The maximum Gasteiger partial charge on any atom is 0.106 e. The molecule has 1 heterocycles. The summed E-state index contributed by atoms with van der Waals surface area (Å²) < 4.78 is 5.31. The van der Waals surface area contributed by atoms with Gasteiger partial charge < -0.3 is 15.3 Å². The van der Waals surface area contributed by atoms with Crippen molar-refractivity contribution in [3.63, 3.8) is 0 Å². The van der Waals surface area contributed by atoms with Crippen molar-refractivity contribution < 1.29 is 9.52 Å². The second-order valence-electron chi connectivity index (χ2n) is 3.40. The second kappa shape index (κ2) is 2.92. The minimum Gasteiger partial charge on any atom is -0.466 e. The first-order valence-corrected chi connectivity index (χ1v) is 3.94. The molecule has 0 aromatic carbocycles. The number of aliphatic hydroxyl groups excluding tert-OH is 1. The first-order valence-electron chi connectivity index (χ1n) is 3.94. The summed E-state index contributed by atoms with van der Waals surface area (Å²) in [5.74, 6) is 1.61. The molecule has 0 aliphatic rings. The highest BCUT2D eigenvalue weighted by Crippen LogP contribution is 2.23. The van der Waals surface area contributed by atoms with E-state index in [4.69, 9.17) is 15.3 Å². The van der Waals surface area contributed by atoms with Crippen molar-refractivity contribution >= 4 is 0 Å². The Morgan fingerprint density at radius 2 is 2.17 bits per heavy atom. The minimum atomic E-state index is -0.693. The molecule has 1 rings (SSSR count). The Hall–Kier alpha value is -0.800. The molecular formula is C9H15NO2. The van der Waals surface area contributed by atoms with E-state index in [1.807, 2.05) is 19.9 Å². The molecule has 1 atom stereocenters. The van der Waals surface area contributed by atoms with Gasteiger partial charge in [0.05, 0.1) is 12.1 Å². The Kier molecular flexibility index (Phi) is 2.26. The van der Waals surface area contributed by atoms with Crippen LogP contribution in [-0.2, 0) is 5.54 Å². The zero-order chi connectivity index (χ0) is 9.35. The van der Waals surface area contributed by atoms with Crippen LogP contribution >= 0.6 is 0 Å². The highest BCUT2D eigenvalue weighted by Gasteiger charge is 2.24. The predicted octanol–water partition coefficient (Wildman–Crippen LogP) is 1.06. The maximum atomic E-state index is 9.01. The van der Waals surface area contributed by atoms with Crippen molar-refractivity contribution in [2.75, 3.05) is 6.61 Å². The summed E-state index contributed by atoms with van der Waals surface area (Å²) in [6.45, 7) is 5.42. The highest BCUT2D eigenvalue weighted by molar-refractivity contribution is 5.27. The first-order chi connectivity index (χ1) is 5.47. The zero-order valence-corrected chi connectivity index (χ0v) is 7.72. The number of furan rings is 1. The van der Waals surface area contributed by atoms with E-state index >= 15 is 0 Å². The van der Waals surface area contributed by atoms with Gasteiger partial charge in [-0.15, -0.1) is 0 Å². The van der Waals surface area contributed by atoms with Gasteiger partial charge >= 0.3 is 0 Å². The molecule has 3 N–H and O–H groups in total. The van der Waals surface area contributed by atoms with Crippen LogP contribution in [0.4, 0.5) is 0 Å². The quantitative estimate of drug-likeness (QED) is 0.696. The third-order valence-corrected chi connectivity index (χ3v) is 1.98. The van der Waals surface area contributed by atoms with Gasteiger partial charge in [0, 0.05) is 5.56 Å². The Morgan fingerprint density at radius 3 is 2.50 bits per heavy atom. The van der Waals surface area contributed by atoms with Gasteiger partial charge in [-0.25, -0.2) is 0 Å². The number of rotatable bonds is 2. The van der Waals surface area contributed by atoms with Gasteiger partial charge in [-0.3, -0.25) is 0 Å². The van der Waals surface area contributed by atoms with Gasteiger partial charge in [0.1, 0.15) is 11.5 Å². The van der Waals surface area contributed by atoms with Crippen molar-refractivity contribution in [1.82, 2.24) is 0 Å². The Morgan fingerprint density at radius 1 is 1.58 bits per heavy atom. The van der Waals surface area contributed by atoms with Gasteiger partial charge in [0.2, 0.25) is 0 Å². The normalized spacial score (nSPS) is 16.1. The van der Waals surface area contributed by atoms with Gasteiger partial charge in [-0.2, -0.15) is 0 Å². The topological polar surface area (TPSA) is 59.4 Å². The summed E-state index contributed by atoms with van der Waals surface area (Å²) >= 11 is 0. The Bertz CT molecular complexity index is 276. The van der Waals surface area contributed by atoms with Gasteiger partial charge in [0.25, 0.3) is 0 Å². The minimum absolute atomic E-state index is 0.0766. The number of nitrogens with two attached hydrogens (primary N) is 1. The Labute approximate surface area is 72.2 Å². The molecular weight excluding hydrogens is 154 g/mol. The van der Waals surface area contributed by atoms with Crippen LogP contribution in [0.25, 0.3) is 0 Å². The number of aryl methyl sites for hydroxylation is 2. The van der Waals surface area contributed by atoms with Crippen LogP contribution in [-0.4, -0.2) is 11.7 Å². The fourth-order valence-corrected chi connectivity index (χ4v) is 1.28. The lowest BCUT2D eigenvalue weighted by molar-refractivity contribution is 0.208. The monoisotopic (exact) mass is 169 g/mol. The average Bonchev–Trinajstić information content (AvgIpc) is 2.31. The van der Waals surface area contributed by atoms with Crippen LogP contribution in [0, 0.1) is 13.8 Å². The van der Waals surface area contributed by atoms with E-state index in [0.29, 0.717) is 0 Å². The molecule has 1 aromatic rings. The van der Waals surface area contributed by atoms with E-state index in [1.54, 1.807) is 6.92 Å². The van der Waals surface area contributed by atoms with E-state index in [0.717, 1.165) is 17.1 Å². The second-order valence-corrected chi connectivity index (χ2v) is 3.40. The van der Waals surface area contributed by atoms with Crippen LogP contribution in [0.5, 0.6) is 0 Å². The highest BCUT2D eigenvalue weighted by atomic mass is 16.3. The van der Waals surface area contributed by atoms with E-state index in [9.17, 15) is 0 Å². The van der Waals surface area contributed by atoms with Crippen molar-refractivity contribution in [2.45, 2.75) is 26.3 Å². The summed E-state index contributed by atoms with van der Waals surface area (Å²) in [5.41, 5.74) is 6.03. The third kappa shape index (κ3) is 1.52. The molecule has 3 heteroatoms. The average molecular weight is 169 g/mol. The SMILES string of the molecule is Cc1cc([C@](C)(N)CO)c(C)o1. The van der Waals surface area contributed by atoms with Crippen LogP contribution in [0.3, 0.4) is 0 Å². The number of hydrogen-bond donors (Lipinski definition) is 2.